The summed E-state index contributed by atoms with van der Waals surface area (Å²) in [5.41, 5.74) is 5.94. The third-order valence-electron chi connectivity index (χ3n) is 3.94. The van der Waals surface area contributed by atoms with E-state index in [0.717, 1.165) is 41.4 Å². The number of aryl methyl sites for hydroxylation is 2. The maximum absolute atomic E-state index is 5.86. The first-order chi connectivity index (χ1) is 9.74. The van der Waals surface area contributed by atoms with Crippen LogP contribution in [0.3, 0.4) is 0 Å². The van der Waals surface area contributed by atoms with Crippen LogP contribution in [0.2, 0.25) is 0 Å². The largest absolute Gasteiger partial charge is 0.492 e. The second kappa shape index (κ2) is 4.17. The predicted octanol–water partition coefficient (Wildman–Crippen LogP) is 3.63. The minimum absolute atomic E-state index is 0.292. The number of ether oxygens (including phenoxy) is 3. The lowest BCUT2D eigenvalue weighted by Crippen LogP contribution is -1.95. The summed E-state index contributed by atoms with van der Waals surface area (Å²) < 4.78 is 17.0. The zero-order valence-corrected chi connectivity index (χ0v) is 11.7. The standard InChI is InChI=1S/C17H16O3/c1-10-7-12-5-6-18-16(12)13(8-10)15-11(2)3-4-14-17(15)20-9-19-14/h3-4,7-8H,5-6,9H2,1-2H3. The average molecular weight is 268 g/mol. The fraction of sp³-hybridized carbons (Fsp3) is 0.294. The maximum atomic E-state index is 5.86. The Hall–Kier alpha value is -2.16. The van der Waals surface area contributed by atoms with E-state index >= 15 is 0 Å². The fourth-order valence-electron chi connectivity index (χ4n) is 3.06. The lowest BCUT2D eigenvalue weighted by molar-refractivity contribution is 0.174. The molecule has 0 fully saturated rings. The van der Waals surface area contributed by atoms with Gasteiger partial charge >= 0.3 is 0 Å². The molecule has 0 radical (unpaired) electrons. The molecule has 0 saturated carbocycles. The SMILES string of the molecule is Cc1cc2c(c(-c3c(C)ccc4c3OCO4)c1)OCC2. The second-order valence-corrected chi connectivity index (χ2v) is 5.39. The summed E-state index contributed by atoms with van der Waals surface area (Å²) in [5.74, 6) is 2.66. The van der Waals surface area contributed by atoms with Gasteiger partial charge in [-0.15, -0.1) is 0 Å². The van der Waals surface area contributed by atoms with Crippen LogP contribution in [-0.4, -0.2) is 13.4 Å². The third-order valence-corrected chi connectivity index (χ3v) is 3.94. The summed E-state index contributed by atoms with van der Waals surface area (Å²) in [5, 5.41) is 0. The molecule has 4 rings (SSSR count). The Labute approximate surface area is 118 Å². The minimum atomic E-state index is 0.292. The summed E-state index contributed by atoms with van der Waals surface area (Å²) in [4.78, 5) is 0. The number of benzene rings is 2. The van der Waals surface area contributed by atoms with Gasteiger partial charge in [-0.25, -0.2) is 0 Å². The van der Waals surface area contributed by atoms with E-state index in [1.807, 2.05) is 6.07 Å². The quantitative estimate of drug-likeness (QED) is 0.790. The van der Waals surface area contributed by atoms with Gasteiger partial charge in [0.05, 0.1) is 6.61 Å². The molecule has 0 amide bonds. The molecule has 102 valence electrons. The molecule has 0 bridgehead atoms. The molecule has 2 aromatic carbocycles. The maximum Gasteiger partial charge on any atom is 0.231 e. The molecule has 3 nitrogen and oxygen atoms in total. The molecule has 20 heavy (non-hydrogen) atoms. The lowest BCUT2D eigenvalue weighted by Gasteiger charge is -2.14. The molecule has 0 N–H and O–H groups in total. The van der Waals surface area contributed by atoms with Crippen LogP contribution >= 0.6 is 0 Å². The molecule has 3 heteroatoms. The summed E-state index contributed by atoms with van der Waals surface area (Å²) in [6, 6.07) is 8.43. The monoisotopic (exact) mass is 268 g/mol. The number of fused-ring (bicyclic) bond motifs is 2. The topological polar surface area (TPSA) is 27.7 Å². The molecule has 0 saturated heterocycles. The zero-order chi connectivity index (χ0) is 13.7. The van der Waals surface area contributed by atoms with Crippen LogP contribution in [0.25, 0.3) is 11.1 Å². The van der Waals surface area contributed by atoms with Gasteiger partial charge in [-0.05, 0) is 42.7 Å². The van der Waals surface area contributed by atoms with Gasteiger partial charge in [0.25, 0.3) is 0 Å². The Kier molecular flexibility index (Phi) is 2.43. The van der Waals surface area contributed by atoms with Gasteiger partial charge in [0, 0.05) is 17.5 Å². The molecule has 2 aliphatic rings. The van der Waals surface area contributed by atoms with Crippen LogP contribution in [0.1, 0.15) is 16.7 Å². The van der Waals surface area contributed by atoms with Gasteiger partial charge in [0.1, 0.15) is 5.75 Å². The Bertz CT molecular complexity index is 704. The molecule has 2 aliphatic heterocycles. The van der Waals surface area contributed by atoms with Crippen LogP contribution < -0.4 is 14.2 Å². The van der Waals surface area contributed by atoms with Crippen LogP contribution in [0.15, 0.2) is 24.3 Å². The van der Waals surface area contributed by atoms with Crippen molar-refractivity contribution in [1.29, 1.82) is 0 Å². The summed E-state index contributed by atoms with van der Waals surface area (Å²) in [6.07, 6.45) is 0.982. The van der Waals surface area contributed by atoms with E-state index < -0.39 is 0 Å². The molecule has 0 aromatic heterocycles. The highest BCUT2D eigenvalue weighted by Crippen LogP contribution is 2.48. The molecular weight excluding hydrogens is 252 g/mol. The van der Waals surface area contributed by atoms with Crippen LogP contribution in [0, 0.1) is 13.8 Å². The molecule has 2 aromatic rings. The highest BCUT2D eigenvalue weighted by atomic mass is 16.7. The molecule has 0 spiro atoms. The van der Waals surface area contributed by atoms with E-state index in [-0.39, 0.29) is 0 Å². The van der Waals surface area contributed by atoms with Gasteiger partial charge in [-0.3, -0.25) is 0 Å². The minimum Gasteiger partial charge on any atom is -0.492 e. The number of hydrogen-bond donors (Lipinski definition) is 0. The zero-order valence-electron chi connectivity index (χ0n) is 11.7. The highest BCUT2D eigenvalue weighted by molar-refractivity contribution is 5.83. The fourth-order valence-corrected chi connectivity index (χ4v) is 3.06. The van der Waals surface area contributed by atoms with Gasteiger partial charge in [-0.1, -0.05) is 12.1 Å². The van der Waals surface area contributed by atoms with Crippen molar-refractivity contribution in [2.45, 2.75) is 20.3 Å². The van der Waals surface area contributed by atoms with Crippen LogP contribution in [0.4, 0.5) is 0 Å². The number of rotatable bonds is 1. The van der Waals surface area contributed by atoms with Crippen molar-refractivity contribution in [3.8, 4) is 28.4 Å². The van der Waals surface area contributed by atoms with Crippen molar-refractivity contribution in [3.63, 3.8) is 0 Å². The van der Waals surface area contributed by atoms with Crippen molar-refractivity contribution in [2.75, 3.05) is 13.4 Å². The van der Waals surface area contributed by atoms with E-state index in [9.17, 15) is 0 Å². The van der Waals surface area contributed by atoms with Gasteiger partial charge in [0.2, 0.25) is 6.79 Å². The molecule has 0 atom stereocenters. The molecule has 2 heterocycles. The van der Waals surface area contributed by atoms with Crippen molar-refractivity contribution in [3.05, 3.63) is 41.0 Å². The Morgan fingerprint density at radius 2 is 1.85 bits per heavy atom. The molecular formula is C17H16O3. The highest BCUT2D eigenvalue weighted by Gasteiger charge is 2.26. The van der Waals surface area contributed by atoms with Crippen molar-refractivity contribution >= 4 is 0 Å². The first-order valence-corrected chi connectivity index (χ1v) is 6.90. The lowest BCUT2D eigenvalue weighted by atomic mass is 9.94. The van der Waals surface area contributed by atoms with Gasteiger partial charge < -0.3 is 14.2 Å². The Morgan fingerprint density at radius 3 is 2.75 bits per heavy atom. The Balaban J connectivity index is 2.02. The van der Waals surface area contributed by atoms with Crippen molar-refractivity contribution < 1.29 is 14.2 Å². The van der Waals surface area contributed by atoms with Crippen LogP contribution in [0.5, 0.6) is 17.2 Å². The normalized spacial score (nSPS) is 15.1. The average Bonchev–Trinajstić information content (AvgIpc) is 3.05. The van der Waals surface area contributed by atoms with Crippen LogP contribution in [-0.2, 0) is 6.42 Å². The smallest absolute Gasteiger partial charge is 0.231 e. The van der Waals surface area contributed by atoms with Crippen molar-refractivity contribution in [1.82, 2.24) is 0 Å². The third kappa shape index (κ3) is 1.59. The summed E-state index contributed by atoms with van der Waals surface area (Å²) in [6.45, 7) is 5.27. The predicted molar refractivity (Wildman–Crippen MR) is 76.7 cm³/mol. The summed E-state index contributed by atoms with van der Waals surface area (Å²) in [7, 11) is 0. The van der Waals surface area contributed by atoms with E-state index in [0.29, 0.717) is 6.79 Å². The van der Waals surface area contributed by atoms with E-state index in [1.54, 1.807) is 0 Å². The molecule has 0 unspecified atom stereocenters. The first-order valence-electron chi connectivity index (χ1n) is 6.90. The Morgan fingerprint density at radius 1 is 0.950 bits per heavy atom. The summed E-state index contributed by atoms with van der Waals surface area (Å²) >= 11 is 0. The molecule has 0 aliphatic carbocycles. The second-order valence-electron chi connectivity index (χ2n) is 5.39. The van der Waals surface area contributed by atoms with E-state index in [1.165, 1.54) is 16.7 Å². The van der Waals surface area contributed by atoms with Crippen molar-refractivity contribution in [2.24, 2.45) is 0 Å². The van der Waals surface area contributed by atoms with Gasteiger partial charge in [0.15, 0.2) is 11.5 Å². The van der Waals surface area contributed by atoms with Gasteiger partial charge in [-0.2, -0.15) is 0 Å². The first kappa shape index (κ1) is 11.6. The van der Waals surface area contributed by atoms with E-state index in [2.05, 4.69) is 32.0 Å². The number of hydrogen-bond acceptors (Lipinski definition) is 3. The van der Waals surface area contributed by atoms with E-state index in [4.69, 9.17) is 14.2 Å².